The molecule has 1 aromatic heterocycles. The highest BCUT2D eigenvalue weighted by atomic mass is 16.5. The first kappa shape index (κ1) is 19.8. The molecule has 0 bridgehead atoms. The SMILES string of the molecule is C=CC(=O)N1CCC[C@@H](n2nc(C3CN(C)c4ccccc4O3)c(C(N)=O)c2N)C1. The molecular formula is C21H26N6O3. The number of aromatic nitrogens is 2. The number of anilines is 2. The fourth-order valence-corrected chi connectivity index (χ4v) is 4.26. The molecule has 2 amide bonds. The van der Waals surface area contributed by atoms with Crippen molar-refractivity contribution >= 4 is 23.3 Å². The smallest absolute Gasteiger partial charge is 0.254 e. The van der Waals surface area contributed by atoms with Crippen LogP contribution in [0.25, 0.3) is 0 Å². The fraction of sp³-hybridized carbons (Fsp3) is 0.381. The lowest BCUT2D eigenvalue weighted by atomic mass is 10.1. The first-order chi connectivity index (χ1) is 14.4. The number of primary amides is 1. The molecule has 0 spiro atoms. The maximum Gasteiger partial charge on any atom is 0.254 e. The number of hydrogen-bond donors (Lipinski definition) is 2. The number of benzene rings is 1. The average Bonchev–Trinajstić information content (AvgIpc) is 3.10. The summed E-state index contributed by atoms with van der Waals surface area (Å²) in [6, 6.07) is 7.54. The number of likely N-dealkylation sites (tertiary alicyclic amines) is 1. The van der Waals surface area contributed by atoms with Gasteiger partial charge in [-0.05, 0) is 31.1 Å². The van der Waals surface area contributed by atoms with Crippen molar-refractivity contribution in [3.05, 3.63) is 48.2 Å². The van der Waals surface area contributed by atoms with Crippen LogP contribution in [0.15, 0.2) is 36.9 Å². The van der Waals surface area contributed by atoms with Gasteiger partial charge in [-0.3, -0.25) is 9.59 Å². The molecule has 9 heteroatoms. The second-order valence-corrected chi connectivity index (χ2v) is 7.69. The first-order valence-corrected chi connectivity index (χ1v) is 9.96. The Kier molecular flexibility index (Phi) is 5.11. The normalized spacial score (nSPS) is 21.0. The third-order valence-electron chi connectivity index (χ3n) is 5.74. The van der Waals surface area contributed by atoms with Gasteiger partial charge in [0.15, 0.2) is 6.10 Å². The predicted octanol–water partition coefficient (Wildman–Crippen LogP) is 1.48. The average molecular weight is 410 g/mol. The van der Waals surface area contributed by atoms with E-state index in [0.29, 0.717) is 31.1 Å². The van der Waals surface area contributed by atoms with E-state index in [1.807, 2.05) is 31.3 Å². The number of nitrogens with zero attached hydrogens (tertiary/aromatic N) is 4. The van der Waals surface area contributed by atoms with Crippen molar-refractivity contribution in [2.45, 2.75) is 25.0 Å². The highest BCUT2D eigenvalue weighted by Gasteiger charge is 2.35. The van der Waals surface area contributed by atoms with Gasteiger partial charge in [0.25, 0.3) is 5.91 Å². The van der Waals surface area contributed by atoms with E-state index in [9.17, 15) is 9.59 Å². The molecule has 2 atom stereocenters. The van der Waals surface area contributed by atoms with Crippen molar-refractivity contribution in [2.24, 2.45) is 5.73 Å². The molecule has 0 saturated carbocycles. The molecule has 3 heterocycles. The van der Waals surface area contributed by atoms with Crippen LogP contribution in [0.5, 0.6) is 5.75 Å². The molecule has 2 aliphatic rings. The number of carbonyl (C=O) groups is 2. The van der Waals surface area contributed by atoms with Crippen molar-refractivity contribution in [2.75, 3.05) is 37.3 Å². The molecule has 9 nitrogen and oxygen atoms in total. The van der Waals surface area contributed by atoms with E-state index in [0.717, 1.165) is 18.5 Å². The van der Waals surface area contributed by atoms with Crippen LogP contribution in [0.4, 0.5) is 11.5 Å². The predicted molar refractivity (Wildman–Crippen MR) is 113 cm³/mol. The number of hydrogen-bond acceptors (Lipinski definition) is 6. The molecule has 4 N–H and O–H groups in total. The lowest BCUT2D eigenvalue weighted by molar-refractivity contribution is -0.127. The highest BCUT2D eigenvalue weighted by molar-refractivity contribution is 5.98. The van der Waals surface area contributed by atoms with Gasteiger partial charge in [-0.25, -0.2) is 4.68 Å². The summed E-state index contributed by atoms with van der Waals surface area (Å²) >= 11 is 0. The summed E-state index contributed by atoms with van der Waals surface area (Å²) in [4.78, 5) is 28.1. The van der Waals surface area contributed by atoms with Gasteiger partial charge < -0.3 is 26.0 Å². The molecule has 4 rings (SSSR count). The van der Waals surface area contributed by atoms with Crippen molar-refractivity contribution in [1.82, 2.24) is 14.7 Å². The third kappa shape index (κ3) is 3.36. The summed E-state index contributed by atoms with van der Waals surface area (Å²) in [5.41, 5.74) is 13.6. The van der Waals surface area contributed by atoms with Crippen molar-refractivity contribution in [1.29, 1.82) is 0 Å². The largest absolute Gasteiger partial charge is 0.480 e. The van der Waals surface area contributed by atoms with Crippen LogP contribution in [0.1, 0.15) is 41.0 Å². The van der Waals surface area contributed by atoms with Crippen LogP contribution in [0.2, 0.25) is 0 Å². The van der Waals surface area contributed by atoms with Gasteiger partial charge in [0.1, 0.15) is 22.8 Å². The molecule has 1 aromatic carbocycles. The number of carbonyl (C=O) groups excluding carboxylic acids is 2. The van der Waals surface area contributed by atoms with E-state index in [-0.39, 0.29) is 23.3 Å². The lowest BCUT2D eigenvalue weighted by Gasteiger charge is -2.33. The number of rotatable bonds is 4. The Hall–Kier alpha value is -3.49. The van der Waals surface area contributed by atoms with Gasteiger partial charge in [0.05, 0.1) is 18.3 Å². The van der Waals surface area contributed by atoms with E-state index in [4.69, 9.17) is 16.2 Å². The molecule has 1 saturated heterocycles. The number of ether oxygens (including phenoxy) is 1. The van der Waals surface area contributed by atoms with Gasteiger partial charge in [-0.2, -0.15) is 5.10 Å². The zero-order chi connectivity index (χ0) is 21.4. The van der Waals surface area contributed by atoms with Crippen LogP contribution >= 0.6 is 0 Å². The second-order valence-electron chi connectivity index (χ2n) is 7.69. The maximum atomic E-state index is 12.3. The van der Waals surface area contributed by atoms with Crippen LogP contribution in [0.3, 0.4) is 0 Å². The summed E-state index contributed by atoms with van der Waals surface area (Å²) in [6.07, 6.45) is 2.41. The van der Waals surface area contributed by atoms with Gasteiger partial charge in [-0.15, -0.1) is 0 Å². The Morgan fingerprint density at radius 3 is 2.80 bits per heavy atom. The molecule has 158 valence electrons. The molecule has 2 aliphatic heterocycles. The van der Waals surface area contributed by atoms with Crippen LogP contribution in [-0.2, 0) is 4.79 Å². The quantitative estimate of drug-likeness (QED) is 0.737. The maximum absolute atomic E-state index is 12.3. The zero-order valence-corrected chi connectivity index (χ0v) is 17.0. The van der Waals surface area contributed by atoms with Gasteiger partial charge in [0, 0.05) is 20.1 Å². The first-order valence-electron chi connectivity index (χ1n) is 9.96. The molecule has 1 unspecified atom stereocenters. The summed E-state index contributed by atoms with van der Waals surface area (Å²) in [7, 11) is 1.96. The van der Waals surface area contributed by atoms with E-state index in [1.165, 1.54) is 6.08 Å². The summed E-state index contributed by atoms with van der Waals surface area (Å²) in [5.74, 6) is 0.143. The molecular weight excluding hydrogens is 384 g/mol. The molecule has 2 aromatic rings. The second kappa shape index (κ2) is 7.74. The van der Waals surface area contributed by atoms with E-state index in [1.54, 1.807) is 9.58 Å². The number of fused-ring (bicyclic) bond motifs is 1. The minimum absolute atomic E-state index is 0.130. The Bertz CT molecular complexity index is 1000. The van der Waals surface area contributed by atoms with E-state index >= 15 is 0 Å². The zero-order valence-electron chi connectivity index (χ0n) is 17.0. The Labute approximate surface area is 174 Å². The van der Waals surface area contributed by atoms with Crippen LogP contribution in [0, 0.1) is 0 Å². The number of nitrogen functional groups attached to an aromatic ring is 1. The highest BCUT2D eigenvalue weighted by Crippen LogP contribution is 2.39. The van der Waals surface area contributed by atoms with E-state index in [2.05, 4.69) is 16.6 Å². The Balaban J connectivity index is 1.69. The number of piperidine rings is 1. The topological polar surface area (TPSA) is 120 Å². The number of nitrogens with two attached hydrogens (primary N) is 2. The van der Waals surface area contributed by atoms with Gasteiger partial charge >= 0.3 is 0 Å². The lowest BCUT2D eigenvalue weighted by Crippen LogP contribution is -2.40. The number of likely N-dealkylation sites (N-methyl/N-ethyl adjacent to an activating group) is 1. The Morgan fingerprint density at radius 2 is 2.07 bits per heavy atom. The molecule has 0 aliphatic carbocycles. The minimum Gasteiger partial charge on any atom is -0.480 e. The summed E-state index contributed by atoms with van der Waals surface area (Å²) in [5, 5.41) is 4.68. The van der Waals surface area contributed by atoms with Crippen LogP contribution in [-0.4, -0.2) is 53.2 Å². The molecule has 0 radical (unpaired) electrons. The fourth-order valence-electron chi connectivity index (χ4n) is 4.26. The van der Waals surface area contributed by atoms with E-state index < -0.39 is 12.0 Å². The van der Waals surface area contributed by atoms with Crippen molar-refractivity contribution in [3.63, 3.8) is 0 Å². The standard InChI is InChI=1S/C21H26N6O3/c1-3-17(28)26-10-6-7-13(11-26)27-20(22)18(21(23)29)19(24-27)16-12-25(2)14-8-4-5-9-15(14)30-16/h3-5,8-9,13,16H,1,6-7,10-12,22H2,2H3,(H2,23,29)/t13-,16?/m1/s1. The van der Waals surface area contributed by atoms with Gasteiger partial charge in [0.2, 0.25) is 5.91 Å². The number of para-hydroxylation sites is 2. The third-order valence-corrected chi connectivity index (χ3v) is 5.74. The summed E-state index contributed by atoms with van der Waals surface area (Å²) < 4.78 is 7.78. The van der Waals surface area contributed by atoms with Crippen molar-refractivity contribution < 1.29 is 14.3 Å². The Morgan fingerprint density at radius 1 is 1.30 bits per heavy atom. The van der Waals surface area contributed by atoms with Gasteiger partial charge in [-0.1, -0.05) is 18.7 Å². The minimum atomic E-state index is -0.645. The van der Waals surface area contributed by atoms with Crippen molar-refractivity contribution in [3.8, 4) is 5.75 Å². The monoisotopic (exact) mass is 410 g/mol. The summed E-state index contributed by atoms with van der Waals surface area (Å²) in [6.45, 7) is 5.16. The molecule has 30 heavy (non-hydrogen) atoms. The number of amides is 2. The molecule has 1 fully saturated rings. The van der Waals surface area contributed by atoms with Crippen LogP contribution < -0.4 is 21.1 Å².